The molecule has 9 nitrogen and oxygen atoms in total. The van der Waals surface area contributed by atoms with Gasteiger partial charge in [-0.25, -0.2) is 14.6 Å². The van der Waals surface area contributed by atoms with E-state index in [-0.39, 0.29) is 12.0 Å². The standard InChI is InChI=1S/C23H28ClN7O2/c1-5-33-21-16(14(4)31-23-19(13(3)29-31)22(26)27-11-28-23)6-18(24)17(7-25)20(21)15-9-30(10-15)8-12(2)32/h6,11-12,14-15,32H,5,8-10H2,1-4H3,(H2,26,27,28)/t12-,14?/m0/s1. The average Bonchev–Trinajstić information content (AvgIpc) is 3.08. The van der Waals surface area contributed by atoms with Crippen molar-refractivity contribution in [2.75, 3.05) is 32.0 Å². The lowest BCUT2D eigenvalue weighted by molar-refractivity contribution is 0.0731. The van der Waals surface area contributed by atoms with E-state index in [9.17, 15) is 10.4 Å². The summed E-state index contributed by atoms with van der Waals surface area (Å²) in [4.78, 5) is 10.7. The number of aryl methyl sites for hydroxylation is 1. The Morgan fingerprint density at radius 1 is 1.36 bits per heavy atom. The molecule has 33 heavy (non-hydrogen) atoms. The fourth-order valence-electron chi connectivity index (χ4n) is 4.64. The molecule has 174 valence electrons. The van der Waals surface area contributed by atoms with Crippen molar-refractivity contribution in [2.24, 2.45) is 0 Å². The fourth-order valence-corrected chi connectivity index (χ4v) is 4.90. The van der Waals surface area contributed by atoms with E-state index in [0.29, 0.717) is 41.0 Å². The number of fused-ring (bicyclic) bond motifs is 1. The third-order valence-electron chi connectivity index (χ3n) is 6.10. The third kappa shape index (κ3) is 4.10. The minimum Gasteiger partial charge on any atom is -0.493 e. The second kappa shape index (κ2) is 9.14. The summed E-state index contributed by atoms with van der Waals surface area (Å²) < 4.78 is 7.95. The highest BCUT2D eigenvalue weighted by atomic mass is 35.5. The number of rotatable bonds is 7. The summed E-state index contributed by atoms with van der Waals surface area (Å²) in [5, 5.41) is 25.4. The molecule has 3 aromatic rings. The first-order valence-corrected chi connectivity index (χ1v) is 11.4. The van der Waals surface area contributed by atoms with E-state index in [1.165, 1.54) is 6.33 Å². The van der Waals surface area contributed by atoms with Crippen LogP contribution in [0.3, 0.4) is 0 Å². The zero-order valence-corrected chi connectivity index (χ0v) is 20.0. The van der Waals surface area contributed by atoms with Gasteiger partial charge in [-0.3, -0.25) is 4.90 Å². The SMILES string of the molecule is CCOc1c(C(C)n2nc(C)c3c(N)ncnc32)cc(Cl)c(C#N)c1C1CN(C[C@H](C)O)C1. The van der Waals surface area contributed by atoms with Gasteiger partial charge in [-0.1, -0.05) is 11.6 Å². The van der Waals surface area contributed by atoms with E-state index in [1.807, 2.05) is 20.8 Å². The number of nitriles is 1. The van der Waals surface area contributed by atoms with Crippen molar-refractivity contribution >= 4 is 28.5 Å². The van der Waals surface area contributed by atoms with Gasteiger partial charge in [0.2, 0.25) is 0 Å². The number of aliphatic hydroxyl groups is 1. The van der Waals surface area contributed by atoms with Gasteiger partial charge in [0.1, 0.15) is 24.0 Å². The molecule has 0 radical (unpaired) electrons. The van der Waals surface area contributed by atoms with E-state index in [1.54, 1.807) is 17.7 Å². The van der Waals surface area contributed by atoms with Gasteiger partial charge in [-0.05, 0) is 33.8 Å². The first-order chi connectivity index (χ1) is 15.8. The van der Waals surface area contributed by atoms with Crippen molar-refractivity contribution < 1.29 is 9.84 Å². The highest BCUT2D eigenvalue weighted by molar-refractivity contribution is 6.32. The molecule has 4 rings (SSSR count). The Bertz CT molecular complexity index is 1230. The van der Waals surface area contributed by atoms with Crippen LogP contribution in [0.1, 0.15) is 55.1 Å². The number of nitrogen functional groups attached to an aromatic ring is 1. The van der Waals surface area contributed by atoms with Crippen LogP contribution in [0.15, 0.2) is 12.4 Å². The van der Waals surface area contributed by atoms with E-state index < -0.39 is 6.10 Å². The van der Waals surface area contributed by atoms with Gasteiger partial charge in [0.15, 0.2) is 5.65 Å². The molecule has 2 aromatic heterocycles. The van der Waals surface area contributed by atoms with E-state index in [0.717, 1.165) is 35.3 Å². The van der Waals surface area contributed by atoms with E-state index in [2.05, 4.69) is 26.0 Å². The Labute approximate surface area is 197 Å². The number of halogens is 1. The molecule has 1 unspecified atom stereocenters. The van der Waals surface area contributed by atoms with E-state index >= 15 is 0 Å². The number of anilines is 1. The molecule has 0 aliphatic carbocycles. The highest BCUT2D eigenvalue weighted by Gasteiger charge is 2.36. The summed E-state index contributed by atoms with van der Waals surface area (Å²) >= 11 is 6.63. The first kappa shape index (κ1) is 23.2. The molecule has 1 aromatic carbocycles. The van der Waals surface area contributed by atoms with Gasteiger partial charge in [-0.2, -0.15) is 10.4 Å². The van der Waals surface area contributed by atoms with Crippen molar-refractivity contribution in [2.45, 2.75) is 45.8 Å². The number of nitrogens with zero attached hydrogens (tertiary/aromatic N) is 6. The van der Waals surface area contributed by atoms with Crippen LogP contribution in [0.4, 0.5) is 5.82 Å². The number of ether oxygens (including phenoxy) is 1. The Kier molecular flexibility index (Phi) is 6.43. The van der Waals surface area contributed by atoms with Crippen molar-refractivity contribution in [3.05, 3.63) is 39.8 Å². The van der Waals surface area contributed by atoms with Crippen molar-refractivity contribution in [3.63, 3.8) is 0 Å². The number of hydrogen-bond acceptors (Lipinski definition) is 8. The molecule has 0 spiro atoms. The number of aromatic nitrogens is 4. The van der Waals surface area contributed by atoms with Crippen LogP contribution in [0.2, 0.25) is 5.02 Å². The number of likely N-dealkylation sites (tertiary alicyclic amines) is 1. The smallest absolute Gasteiger partial charge is 0.164 e. The van der Waals surface area contributed by atoms with Crippen LogP contribution in [0.25, 0.3) is 11.0 Å². The van der Waals surface area contributed by atoms with Crippen LogP contribution >= 0.6 is 11.6 Å². The number of β-amino-alcohol motifs (C(OH)–C–C–N with tert-alkyl or cyclic N) is 1. The summed E-state index contributed by atoms with van der Waals surface area (Å²) in [6.45, 7) is 10.0. The Hall–Kier alpha value is -2.93. The maximum Gasteiger partial charge on any atom is 0.164 e. The molecule has 0 bridgehead atoms. The van der Waals surface area contributed by atoms with Gasteiger partial charge in [0, 0.05) is 36.7 Å². The molecular weight excluding hydrogens is 442 g/mol. The molecule has 1 saturated heterocycles. The van der Waals surface area contributed by atoms with Crippen molar-refractivity contribution in [1.82, 2.24) is 24.6 Å². The first-order valence-electron chi connectivity index (χ1n) is 11.0. The fraction of sp³-hybridized carbons (Fsp3) is 0.478. The lowest BCUT2D eigenvalue weighted by Crippen LogP contribution is -2.48. The van der Waals surface area contributed by atoms with Gasteiger partial charge in [-0.15, -0.1) is 0 Å². The largest absolute Gasteiger partial charge is 0.493 e. The van der Waals surface area contributed by atoms with Gasteiger partial charge in [0.25, 0.3) is 0 Å². The predicted octanol–water partition coefficient (Wildman–Crippen LogP) is 3.03. The normalized spacial score (nSPS) is 16.4. The van der Waals surface area contributed by atoms with Crippen LogP contribution in [-0.4, -0.2) is 62.1 Å². The van der Waals surface area contributed by atoms with Crippen LogP contribution in [-0.2, 0) is 0 Å². The monoisotopic (exact) mass is 469 g/mol. The molecule has 0 amide bonds. The van der Waals surface area contributed by atoms with Crippen LogP contribution < -0.4 is 10.5 Å². The summed E-state index contributed by atoms with van der Waals surface area (Å²) in [5.41, 5.74) is 9.52. The lowest BCUT2D eigenvalue weighted by Gasteiger charge is -2.41. The topological polar surface area (TPSA) is 126 Å². The lowest BCUT2D eigenvalue weighted by atomic mass is 9.85. The molecule has 10 heteroatoms. The Morgan fingerprint density at radius 3 is 2.73 bits per heavy atom. The second-order valence-electron chi connectivity index (χ2n) is 8.54. The van der Waals surface area contributed by atoms with Crippen LogP contribution in [0.5, 0.6) is 5.75 Å². The number of aliphatic hydroxyl groups excluding tert-OH is 1. The Morgan fingerprint density at radius 2 is 2.09 bits per heavy atom. The average molecular weight is 470 g/mol. The quantitative estimate of drug-likeness (QED) is 0.540. The zero-order chi connectivity index (χ0) is 23.9. The van der Waals surface area contributed by atoms with Crippen molar-refractivity contribution in [3.8, 4) is 11.8 Å². The molecule has 1 fully saturated rings. The molecule has 0 saturated carbocycles. The molecule has 3 heterocycles. The summed E-state index contributed by atoms with van der Waals surface area (Å²) in [5.74, 6) is 1.13. The van der Waals surface area contributed by atoms with Gasteiger partial charge >= 0.3 is 0 Å². The number of hydrogen-bond donors (Lipinski definition) is 2. The maximum atomic E-state index is 9.90. The summed E-state index contributed by atoms with van der Waals surface area (Å²) in [6, 6.07) is 3.78. The number of benzene rings is 1. The van der Waals surface area contributed by atoms with Crippen molar-refractivity contribution in [1.29, 1.82) is 5.26 Å². The molecule has 2 atom stereocenters. The predicted molar refractivity (Wildman–Crippen MR) is 126 cm³/mol. The van der Waals surface area contributed by atoms with Crippen LogP contribution in [0, 0.1) is 18.3 Å². The minimum atomic E-state index is -0.409. The highest BCUT2D eigenvalue weighted by Crippen LogP contribution is 2.44. The molecule has 1 aliphatic heterocycles. The zero-order valence-electron chi connectivity index (χ0n) is 19.2. The molecule has 3 N–H and O–H groups in total. The summed E-state index contributed by atoms with van der Waals surface area (Å²) in [6.07, 6.45) is 1.02. The minimum absolute atomic E-state index is 0.0821. The van der Waals surface area contributed by atoms with Gasteiger partial charge in [0.05, 0.1) is 40.4 Å². The third-order valence-corrected chi connectivity index (χ3v) is 6.39. The maximum absolute atomic E-state index is 9.90. The van der Waals surface area contributed by atoms with Gasteiger partial charge < -0.3 is 15.6 Å². The number of nitrogens with two attached hydrogens (primary N) is 1. The molecular formula is C23H28ClN7O2. The Balaban J connectivity index is 1.83. The summed E-state index contributed by atoms with van der Waals surface area (Å²) in [7, 11) is 0. The molecule has 1 aliphatic rings. The van der Waals surface area contributed by atoms with E-state index in [4.69, 9.17) is 22.1 Å². The second-order valence-corrected chi connectivity index (χ2v) is 8.95.